The smallest absolute Gasteiger partial charge is 0.250 e. The lowest BCUT2D eigenvalue weighted by atomic mass is 10.0. The molecule has 3 aromatic carbocycles. The lowest BCUT2D eigenvalue weighted by Crippen LogP contribution is -2.19. The summed E-state index contributed by atoms with van der Waals surface area (Å²) >= 11 is 1.26. The summed E-state index contributed by atoms with van der Waals surface area (Å²) in [5.74, 6) is 0.999. The fourth-order valence-electron chi connectivity index (χ4n) is 3.24. The molecule has 0 aliphatic rings. The molecule has 1 aromatic heterocycles. The van der Waals surface area contributed by atoms with Crippen molar-refractivity contribution in [2.75, 3.05) is 20.0 Å². The van der Waals surface area contributed by atoms with Gasteiger partial charge in [-0.2, -0.15) is 5.10 Å². The minimum Gasteiger partial charge on any atom is -0.497 e. The molecular formula is C26H23FN4O3S. The third-order valence-electron chi connectivity index (χ3n) is 5.04. The molecule has 9 heteroatoms. The number of rotatable bonds is 9. The van der Waals surface area contributed by atoms with Crippen LogP contribution in [0.3, 0.4) is 0 Å². The maximum atomic E-state index is 13.0. The van der Waals surface area contributed by atoms with Crippen LogP contribution in [0.1, 0.15) is 5.56 Å². The Kier molecular flexibility index (Phi) is 7.79. The molecule has 0 bridgehead atoms. The first-order valence-corrected chi connectivity index (χ1v) is 11.6. The number of thioether (sulfide) groups is 1. The third kappa shape index (κ3) is 6.27. The normalized spacial score (nSPS) is 10.9. The summed E-state index contributed by atoms with van der Waals surface area (Å²) in [5, 5.41) is 4.52. The summed E-state index contributed by atoms with van der Waals surface area (Å²) in [7, 11) is 3.24. The predicted molar refractivity (Wildman–Crippen MR) is 135 cm³/mol. The zero-order valence-corrected chi connectivity index (χ0v) is 19.9. The molecule has 4 aromatic rings. The Morgan fingerprint density at radius 1 is 0.971 bits per heavy atom. The maximum Gasteiger partial charge on any atom is 0.250 e. The van der Waals surface area contributed by atoms with Crippen LogP contribution >= 0.6 is 11.8 Å². The number of ether oxygens (including phenoxy) is 2. The molecule has 0 aliphatic carbocycles. The van der Waals surface area contributed by atoms with Crippen molar-refractivity contribution in [2.24, 2.45) is 5.10 Å². The van der Waals surface area contributed by atoms with E-state index in [1.807, 2.05) is 48.5 Å². The second-order valence-corrected chi connectivity index (χ2v) is 8.32. The van der Waals surface area contributed by atoms with Crippen LogP contribution in [-0.4, -0.2) is 42.1 Å². The van der Waals surface area contributed by atoms with E-state index < -0.39 is 0 Å². The standard InChI is InChI=1S/C26H23FN4O3S/c1-33-21-11-5-18(6-12-21)24-25(19-7-13-22(34-2)14-8-19)30-26(29-24)35-16-23(32)31-28-15-17-3-9-20(27)10-4-17/h3-15H,16H2,1-2H3,(H,29,30)(H,31,32)/b28-15+. The largest absolute Gasteiger partial charge is 0.497 e. The molecule has 1 amide bonds. The van der Waals surface area contributed by atoms with Crippen molar-refractivity contribution in [1.29, 1.82) is 0 Å². The number of methoxy groups -OCH3 is 2. The van der Waals surface area contributed by atoms with Gasteiger partial charge in [-0.15, -0.1) is 0 Å². The zero-order valence-electron chi connectivity index (χ0n) is 19.1. The summed E-state index contributed by atoms with van der Waals surface area (Å²) in [4.78, 5) is 20.3. The highest BCUT2D eigenvalue weighted by atomic mass is 32.2. The first-order chi connectivity index (χ1) is 17.1. The number of imidazole rings is 1. The van der Waals surface area contributed by atoms with Gasteiger partial charge in [-0.3, -0.25) is 4.79 Å². The van der Waals surface area contributed by atoms with Crippen molar-refractivity contribution in [2.45, 2.75) is 5.16 Å². The van der Waals surface area contributed by atoms with Gasteiger partial charge in [0, 0.05) is 11.1 Å². The highest BCUT2D eigenvalue weighted by molar-refractivity contribution is 7.99. The van der Waals surface area contributed by atoms with Gasteiger partial charge >= 0.3 is 0 Å². The number of carbonyl (C=O) groups is 1. The van der Waals surface area contributed by atoms with E-state index >= 15 is 0 Å². The Balaban J connectivity index is 1.49. The number of H-pyrrole nitrogens is 1. The number of nitrogens with zero attached hydrogens (tertiary/aromatic N) is 2. The van der Waals surface area contributed by atoms with Crippen LogP contribution in [0.5, 0.6) is 11.5 Å². The fourth-order valence-corrected chi connectivity index (χ4v) is 3.90. The van der Waals surface area contributed by atoms with Crippen LogP contribution in [0, 0.1) is 5.82 Å². The molecule has 2 N–H and O–H groups in total. The number of aromatic amines is 1. The van der Waals surface area contributed by atoms with Gasteiger partial charge in [-0.1, -0.05) is 23.9 Å². The van der Waals surface area contributed by atoms with Gasteiger partial charge in [0.15, 0.2) is 5.16 Å². The van der Waals surface area contributed by atoms with E-state index in [0.29, 0.717) is 10.7 Å². The fraction of sp³-hybridized carbons (Fsp3) is 0.115. The van der Waals surface area contributed by atoms with Crippen LogP contribution in [-0.2, 0) is 4.79 Å². The zero-order chi connectivity index (χ0) is 24.6. The van der Waals surface area contributed by atoms with Crippen LogP contribution in [0.2, 0.25) is 0 Å². The van der Waals surface area contributed by atoms with Gasteiger partial charge in [0.2, 0.25) is 0 Å². The maximum absolute atomic E-state index is 13.0. The van der Waals surface area contributed by atoms with Crippen LogP contribution in [0.25, 0.3) is 22.5 Å². The Labute approximate surface area is 206 Å². The van der Waals surface area contributed by atoms with E-state index in [9.17, 15) is 9.18 Å². The number of hydrazone groups is 1. The Morgan fingerprint density at radius 2 is 1.57 bits per heavy atom. The summed E-state index contributed by atoms with van der Waals surface area (Å²) < 4.78 is 23.5. The molecule has 1 heterocycles. The average Bonchev–Trinajstić information content (AvgIpc) is 3.33. The second-order valence-electron chi connectivity index (χ2n) is 7.36. The topological polar surface area (TPSA) is 88.6 Å². The molecule has 0 saturated carbocycles. The molecule has 35 heavy (non-hydrogen) atoms. The van der Waals surface area contributed by atoms with Crippen LogP contribution in [0.4, 0.5) is 4.39 Å². The van der Waals surface area contributed by atoms with Crippen molar-refractivity contribution in [3.05, 3.63) is 84.2 Å². The molecule has 0 spiro atoms. The summed E-state index contributed by atoms with van der Waals surface area (Å²) in [6.07, 6.45) is 1.46. The van der Waals surface area contributed by atoms with E-state index in [1.54, 1.807) is 26.4 Å². The van der Waals surface area contributed by atoms with Crippen molar-refractivity contribution < 1.29 is 18.7 Å². The Morgan fingerprint density at radius 3 is 2.17 bits per heavy atom. The molecule has 0 fully saturated rings. The van der Waals surface area contributed by atoms with Crippen LogP contribution in [0.15, 0.2) is 83.1 Å². The minimum absolute atomic E-state index is 0.110. The summed E-state index contributed by atoms with van der Waals surface area (Å²) in [5.41, 5.74) is 6.58. The van der Waals surface area contributed by atoms with E-state index in [1.165, 1.54) is 30.1 Å². The van der Waals surface area contributed by atoms with Crippen molar-refractivity contribution in [3.8, 4) is 34.0 Å². The quantitative estimate of drug-likeness (QED) is 0.193. The molecule has 0 saturated heterocycles. The van der Waals surface area contributed by atoms with E-state index in [-0.39, 0.29) is 17.5 Å². The van der Waals surface area contributed by atoms with Gasteiger partial charge in [0.1, 0.15) is 17.3 Å². The lowest BCUT2D eigenvalue weighted by Gasteiger charge is -2.06. The molecule has 4 rings (SSSR count). The van der Waals surface area contributed by atoms with Crippen molar-refractivity contribution >= 4 is 23.9 Å². The first kappa shape index (κ1) is 24.0. The SMILES string of the molecule is COc1ccc(-c2nc(SCC(=O)N/N=C/c3ccc(F)cc3)[nH]c2-c2ccc(OC)cc2)cc1. The van der Waals surface area contributed by atoms with Gasteiger partial charge in [0.05, 0.1) is 37.6 Å². The van der Waals surface area contributed by atoms with Gasteiger partial charge in [0.25, 0.3) is 5.91 Å². The highest BCUT2D eigenvalue weighted by Gasteiger charge is 2.16. The average molecular weight is 491 g/mol. The number of nitrogens with one attached hydrogen (secondary N) is 2. The first-order valence-electron chi connectivity index (χ1n) is 10.6. The van der Waals surface area contributed by atoms with E-state index in [2.05, 4.69) is 15.5 Å². The number of hydrogen-bond acceptors (Lipinski definition) is 6. The molecule has 178 valence electrons. The highest BCUT2D eigenvalue weighted by Crippen LogP contribution is 2.34. The second kappa shape index (κ2) is 11.3. The third-order valence-corrected chi connectivity index (χ3v) is 5.91. The number of benzene rings is 3. The Hall–Kier alpha value is -4.11. The number of carbonyl (C=O) groups excluding carboxylic acids is 1. The number of aromatic nitrogens is 2. The minimum atomic E-state index is -0.330. The molecular weight excluding hydrogens is 467 g/mol. The van der Waals surface area contributed by atoms with Crippen molar-refractivity contribution in [3.63, 3.8) is 0 Å². The van der Waals surface area contributed by atoms with Gasteiger partial charge < -0.3 is 14.5 Å². The number of halogens is 1. The van der Waals surface area contributed by atoms with Gasteiger partial charge in [-0.25, -0.2) is 14.8 Å². The predicted octanol–water partition coefficient (Wildman–Crippen LogP) is 5.14. The molecule has 0 atom stereocenters. The van der Waals surface area contributed by atoms with Crippen molar-refractivity contribution in [1.82, 2.24) is 15.4 Å². The lowest BCUT2D eigenvalue weighted by molar-refractivity contribution is -0.118. The van der Waals surface area contributed by atoms with E-state index in [4.69, 9.17) is 14.5 Å². The summed E-state index contributed by atoms with van der Waals surface area (Å²) in [6.45, 7) is 0. The van der Waals surface area contributed by atoms with Gasteiger partial charge in [-0.05, 0) is 66.2 Å². The molecule has 0 aliphatic heterocycles. The molecule has 0 radical (unpaired) electrons. The van der Waals surface area contributed by atoms with E-state index in [0.717, 1.165) is 34.0 Å². The Bertz CT molecular complexity index is 1240. The number of hydrogen-bond donors (Lipinski definition) is 2. The summed E-state index contributed by atoms with van der Waals surface area (Å²) in [6, 6.07) is 21.1. The molecule has 0 unspecified atom stereocenters. The van der Waals surface area contributed by atoms with Crippen LogP contribution < -0.4 is 14.9 Å². The molecule has 7 nitrogen and oxygen atoms in total. The monoisotopic (exact) mass is 490 g/mol. The number of amides is 1.